The Kier molecular flexibility index (Phi) is 2.14. The number of carbonyl (C=O) groups is 1. The summed E-state index contributed by atoms with van der Waals surface area (Å²) in [6.07, 6.45) is 0. The fourth-order valence-electron chi connectivity index (χ4n) is 0.693. The van der Waals surface area contributed by atoms with E-state index < -0.39 is 5.97 Å². The number of carbonyl (C=O) groups excluding carboxylic acids is 1. The molecule has 1 heterocycles. The number of furan rings is 1. The number of hydrogen-bond donors (Lipinski definition) is 2. The normalized spacial score (nSPS) is 9.42. The highest BCUT2D eigenvalue weighted by Crippen LogP contribution is 2.07. The van der Waals surface area contributed by atoms with Crippen LogP contribution < -0.4 is 5.73 Å². The molecule has 5 nitrogen and oxygen atoms in total. The highest BCUT2D eigenvalue weighted by atomic mass is 16.5. The van der Waals surface area contributed by atoms with Gasteiger partial charge in [0.25, 0.3) is 0 Å². The molecule has 0 unspecified atom stereocenters. The predicted molar refractivity (Wildman–Crippen MR) is 41.1 cm³/mol. The van der Waals surface area contributed by atoms with Gasteiger partial charge in [-0.2, -0.15) is 0 Å². The Morgan fingerprint density at radius 3 is 2.58 bits per heavy atom. The van der Waals surface area contributed by atoms with Crippen molar-refractivity contribution in [2.45, 2.75) is 0 Å². The second-order valence-electron chi connectivity index (χ2n) is 2.07. The molecule has 5 heteroatoms. The Morgan fingerprint density at radius 1 is 1.58 bits per heavy atom. The summed E-state index contributed by atoms with van der Waals surface area (Å²) >= 11 is 0. The van der Waals surface area contributed by atoms with E-state index in [4.69, 9.17) is 15.6 Å². The summed E-state index contributed by atoms with van der Waals surface area (Å²) in [5, 5.41) is 6.98. The lowest BCUT2D eigenvalue weighted by atomic mass is 10.4. The van der Waals surface area contributed by atoms with Crippen LogP contribution >= 0.6 is 0 Å². The molecule has 1 aromatic rings. The van der Waals surface area contributed by atoms with Crippen molar-refractivity contribution in [1.82, 2.24) is 0 Å². The first kappa shape index (κ1) is 8.32. The van der Waals surface area contributed by atoms with Gasteiger partial charge >= 0.3 is 5.97 Å². The van der Waals surface area contributed by atoms with Crippen molar-refractivity contribution in [1.29, 1.82) is 5.41 Å². The number of amidine groups is 1. The molecule has 64 valence electrons. The highest BCUT2D eigenvalue weighted by molar-refractivity contribution is 5.94. The topological polar surface area (TPSA) is 89.3 Å². The lowest BCUT2D eigenvalue weighted by molar-refractivity contribution is 0.0564. The van der Waals surface area contributed by atoms with Crippen molar-refractivity contribution in [3.8, 4) is 0 Å². The molecule has 0 amide bonds. The third-order valence-electron chi connectivity index (χ3n) is 1.26. The fraction of sp³-hybridized carbons (Fsp3) is 0.143. The van der Waals surface area contributed by atoms with Crippen LogP contribution in [-0.2, 0) is 4.74 Å². The number of nitrogen functional groups attached to an aromatic ring is 1. The van der Waals surface area contributed by atoms with Crippen LogP contribution in [0.3, 0.4) is 0 Å². The maximum Gasteiger partial charge on any atom is 0.373 e. The Bertz CT molecular complexity index is 316. The summed E-state index contributed by atoms with van der Waals surface area (Å²) in [4.78, 5) is 10.8. The van der Waals surface area contributed by atoms with E-state index in [1.807, 2.05) is 0 Å². The van der Waals surface area contributed by atoms with Gasteiger partial charge in [0.1, 0.15) is 0 Å². The molecule has 0 aliphatic rings. The third-order valence-corrected chi connectivity index (χ3v) is 1.26. The van der Waals surface area contributed by atoms with Crippen molar-refractivity contribution in [2.24, 2.45) is 5.73 Å². The molecule has 0 aliphatic heterocycles. The SMILES string of the molecule is COC(=O)c1ccc(C(=N)N)o1. The minimum Gasteiger partial charge on any atom is -0.463 e. The molecule has 3 N–H and O–H groups in total. The number of rotatable bonds is 2. The molecule has 0 atom stereocenters. The number of hydrogen-bond acceptors (Lipinski definition) is 4. The lowest BCUT2D eigenvalue weighted by Gasteiger charge is -1.92. The van der Waals surface area contributed by atoms with Crippen molar-refractivity contribution in [3.05, 3.63) is 23.7 Å². The Morgan fingerprint density at radius 2 is 2.17 bits per heavy atom. The van der Waals surface area contributed by atoms with Crippen LogP contribution in [0, 0.1) is 5.41 Å². The second kappa shape index (κ2) is 3.08. The smallest absolute Gasteiger partial charge is 0.373 e. The average Bonchev–Trinajstić information content (AvgIpc) is 2.51. The third kappa shape index (κ3) is 1.45. The molecule has 12 heavy (non-hydrogen) atoms. The van der Waals surface area contributed by atoms with Crippen molar-refractivity contribution >= 4 is 11.8 Å². The van der Waals surface area contributed by atoms with Gasteiger partial charge in [0.05, 0.1) is 7.11 Å². The van der Waals surface area contributed by atoms with Crippen molar-refractivity contribution in [2.75, 3.05) is 7.11 Å². The standard InChI is InChI=1S/C7H8N2O3/c1-11-7(10)5-3-2-4(12-5)6(8)9/h2-3H,1H3,(H3,8,9). The zero-order chi connectivity index (χ0) is 9.14. The maximum atomic E-state index is 10.8. The monoisotopic (exact) mass is 168 g/mol. The van der Waals surface area contributed by atoms with E-state index in [1.54, 1.807) is 0 Å². The maximum absolute atomic E-state index is 10.8. The Hall–Kier alpha value is -1.78. The van der Waals surface area contributed by atoms with Crippen LogP contribution in [0.15, 0.2) is 16.5 Å². The molecular weight excluding hydrogens is 160 g/mol. The minimum atomic E-state index is -0.581. The van der Waals surface area contributed by atoms with Crippen LogP contribution in [0.5, 0.6) is 0 Å². The number of nitrogens with one attached hydrogen (secondary N) is 1. The summed E-state index contributed by atoms with van der Waals surface area (Å²) in [7, 11) is 1.25. The summed E-state index contributed by atoms with van der Waals surface area (Å²) in [6, 6.07) is 2.84. The molecule has 0 radical (unpaired) electrons. The van der Waals surface area contributed by atoms with E-state index in [2.05, 4.69) is 4.74 Å². The molecule has 0 saturated carbocycles. The Balaban J connectivity index is 2.91. The van der Waals surface area contributed by atoms with Gasteiger partial charge in [-0.3, -0.25) is 5.41 Å². The van der Waals surface area contributed by atoms with Gasteiger partial charge in [0.15, 0.2) is 11.6 Å². The summed E-state index contributed by atoms with van der Waals surface area (Å²) in [5.74, 6) is -0.592. The molecule has 0 spiro atoms. The number of ether oxygens (including phenoxy) is 1. The first-order valence-corrected chi connectivity index (χ1v) is 3.17. The molecule has 0 aliphatic carbocycles. The zero-order valence-corrected chi connectivity index (χ0v) is 6.46. The quantitative estimate of drug-likeness (QED) is 0.378. The highest BCUT2D eigenvalue weighted by Gasteiger charge is 2.11. The molecule has 1 rings (SSSR count). The molecule has 1 aromatic heterocycles. The first-order chi connectivity index (χ1) is 5.65. The lowest BCUT2D eigenvalue weighted by Crippen LogP contribution is -2.09. The molecule has 0 fully saturated rings. The zero-order valence-electron chi connectivity index (χ0n) is 6.46. The van der Waals surface area contributed by atoms with E-state index in [1.165, 1.54) is 19.2 Å². The van der Waals surface area contributed by atoms with Crippen molar-refractivity contribution in [3.63, 3.8) is 0 Å². The average molecular weight is 168 g/mol. The van der Waals surface area contributed by atoms with Crippen LogP contribution in [0.2, 0.25) is 0 Å². The number of methoxy groups -OCH3 is 1. The van der Waals surface area contributed by atoms with Gasteiger partial charge < -0.3 is 14.9 Å². The van der Waals surface area contributed by atoms with Gasteiger partial charge in [-0.15, -0.1) is 0 Å². The molecular formula is C7H8N2O3. The van der Waals surface area contributed by atoms with E-state index >= 15 is 0 Å². The largest absolute Gasteiger partial charge is 0.463 e. The van der Waals surface area contributed by atoms with E-state index in [0.717, 1.165) is 0 Å². The van der Waals surface area contributed by atoms with Crippen LogP contribution in [0.25, 0.3) is 0 Å². The van der Waals surface area contributed by atoms with E-state index in [0.29, 0.717) is 0 Å². The van der Waals surface area contributed by atoms with Gasteiger partial charge in [-0.25, -0.2) is 4.79 Å². The summed E-state index contributed by atoms with van der Waals surface area (Å²) in [6.45, 7) is 0. The number of esters is 1. The summed E-state index contributed by atoms with van der Waals surface area (Å²) < 4.78 is 9.26. The van der Waals surface area contributed by atoms with Crippen molar-refractivity contribution < 1.29 is 13.9 Å². The van der Waals surface area contributed by atoms with Gasteiger partial charge in [0.2, 0.25) is 5.76 Å². The van der Waals surface area contributed by atoms with E-state index in [-0.39, 0.29) is 17.4 Å². The van der Waals surface area contributed by atoms with Gasteiger partial charge in [0, 0.05) is 0 Å². The minimum absolute atomic E-state index is 0.0442. The molecule has 0 bridgehead atoms. The van der Waals surface area contributed by atoms with Crippen LogP contribution in [0.1, 0.15) is 16.3 Å². The summed E-state index contributed by atoms with van der Waals surface area (Å²) in [5.41, 5.74) is 5.11. The predicted octanol–water partition coefficient (Wildman–Crippen LogP) is 0.350. The Labute approximate surface area is 68.6 Å². The van der Waals surface area contributed by atoms with Gasteiger partial charge in [-0.05, 0) is 12.1 Å². The second-order valence-corrected chi connectivity index (χ2v) is 2.07. The fourth-order valence-corrected chi connectivity index (χ4v) is 0.693. The molecule has 0 aromatic carbocycles. The van der Waals surface area contributed by atoms with E-state index in [9.17, 15) is 4.79 Å². The van der Waals surface area contributed by atoms with Crippen LogP contribution in [0.4, 0.5) is 0 Å². The first-order valence-electron chi connectivity index (χ1n) is 3.17. The van der Waals surface area contributed by atoms with Gasteiger partial charge in [-0.1, -0.05) is 0 Å². The van der Waals surface area contributed by atoms with Crippen LogP contribution in [-0.4, -0.2) is 18.9 Å². The number of nitrogens with two attached hydrogens (primary N) is 1. The molecule has 0 saturated heterocycles.